The minimum Gasteiger partial charge on any atom is -0.339 e. The summed E-state index contributed by atoms with van der Waals surface area (Å²) < 4.78 is 6.21. The van der Waals surface area contributed by atoms with Crippen LogP contribution in [0.3, 0.4) is 0 Å². The monoisotopic (exact) mass is 462 g/mol. The van der Waals surface area contributed by atoms with Crippen LogP contribution in [0.15, 0.2) is 56.0 Å². The second kappa shape index (κ2) is 9.53. The van der Waals surface area contributed by atoms with E-state index >= 15 is 0 Å². The molecule has 0 aliphatic rings. The summed E-state index contributed by atoms with van der Waals surface area (Å²) in [4.78, 5) is 22.2. The first-order valence-electron chi connectivity index (χ1n) is 8.65. The third-order valence-corrected chi connectivity index (χ3v) is 6.95. The zero-order valence-corrected chi connectivity index (χ0v) is 18.2. The number of thiazole rings is 1. The van der Waals surface area contributed by atoms with Crippen molar-refractivity contribution in [2.24, 2.45) is 0 Å². The van der Waals surface area contributed by atoms with Gasteiger partial charge in [0.15, 0.2) is 10.2 Å². The number of aromatic nitrogens is 3. The number of anilines is 1. The van der Waals surface area contributed by atoms with Gasteiger partial charge in [0.2, 0.25) is 11.8 Å². The molecule has 0 radical (unpaired) electrons. The number of amides is 1. The highest BCUT2D eigenvalue weighted by Gasteiger charge is 2.12. The summed E-state index contributed by atoms with van der Waals surface area (Å²) in [6, 6.07) is 11.0. The maximum atomic E-state index is 12.0. The molecule has 0 saturated carbocycles. The van der Waals surface area contributed by atoms with Crippen molar-refractivity contribution in [1.29, 1.82) is 0 Å². The fraction of sp³-hybridized carbons (Fsp3) is 0.158. The molecule has 3 heterocycles. The number of carbonyl (C=O) groups excluding carboxylic acids is 1. The van der Waals surface area contributed by atoms with E-state index in [1.165, 1.54) is 0 Å². The van der Waals surface area contributed by atoms with Crippen molar-refractivity contribution < 1.29 is 9.32 Å². The summed E-state index contributed by atoms with van der Waals surface area (Å²) >= 11 is 10.7. The summed E-state index contributed by atoms with van der Waals surface area (Å²) in [6.45, 7) is 0. The second-order valence-electron chi connectivity index (χ2n) is 5.92. The summed E-state index contributed by atoms with van der Waals surface area (Å²) in [6.07, 6.45) is 0.644. The van der Waals surface area contributed by atoms with Crippen LogP contribution in [0, 0.1) is 0 Å². The molecule has 148 valence electrons. The maximum Gasteiger partial charge on any atom is 0.227 e. The molecule has 0 aliphatic carbocycles. The molecular weight excluding hydrogens is 448 g/mol. The Hall–Kier alpha value is -2.20. The molecule has 1 N–H and O–H groups in total. The van der Waals surface area contributed by atoms with Crippen LogP contribution in [0.5, 0.6) is 0 Å². The first-order valence-corrected chi connectivity index (χ1v) is 11.8. The predicted molar refractivity (Wildman–Crippen MR) is 118 cm³/mol. The zero-order chi connectivity index (χ0) is 20.1. The van der Waals surface area contributed by atoms with Crippen molar-refractivity contribution in [1.82, 2.24) is 15.1 Å². The predicted octanol–water partition coefficient (Wildman–Crippen LogP) is 5.77. The van der Waals surface area contributed by atoms with E-state index in [2.05, 4.69) is 31.9 Å². The fourth-order valence-corrected chi connectivity index (χ4v) is 4.97. The highest BCUT2D eigenvalue weighted by atomic mass is 35.5. The van der Waals surface area contributed by atoms with Crippen LogP contribution in [0.2, 0.25) is 5.02 Å². The number of aryl methyl sites for hydroxylation is 1. The smallest absolute Gasteiger partial charge is 0.227 e. The molecule has 0 saturated heterocycles. The van der Waals surface area contributed by atoms with Gasteiger partial charge in [-0.25, -0.2) is 4.98 Å². The molecule has 6 nitrogen and oxygen atoms in total. The van der Waals surface area contributed by atoms with E-state index in [-0.39, 0.29) is 12.3 Å². The van der Waals surface area contributed by atoms with Gasteiger partial charge in [-0.2, -0.15) is 4.98 Å². The third-order valence-electron chi connectivity index (χ3n) is 3.79. The van der Waals surface area contributed by atoms with Gasteiger partial charge < -0.3 is 9.84 Å². The standard InChI is InChI=1S/C19H15ClN4O2S3/c20-12-3-5-13(6-4-12)21-17(25)7-8-18-23-16(24-26-18)11-29-19-22-14(10-28-19)15-2-1-9-27-15/h1-6,9-10H,7-8,11H2,(H,21,25). The first-order chi connectivity index (χ1) is 14.2. The molecule has 4 rings (SSSR count). The first kappa shape index (κ1) is 20.1. The van der Waals surface area contributed by atoms with E-state index in [0.717, 1.165) is 14.9 Å². The lowest BCUT2D eigenvalue weighted by atomic mass is 10.2. The maximum absolute atomic E-state index is 12.0. The lowest BCUT2D eigenvalue weighted by Crippen LogP contribution is -2.12. The summed E-state index contributed by atoms with van der Waals surface area (Å²) in [5.74, 6) is 1.49. The van der Waals surface area contributed by atoms with Crippen LogP contribution in [-0.2, 0) is 17.0 Å². The average molecular weight is 463 g/mol. The van der Waals surface area contributed by atoms with E-state index in [1.54, 1.807) is 58.7 Å². The molecule has 4 aromatic rings. The van der Waals surface area contributed by atoms with E-state index in [4.69, 9.17) is 16.1 Å². The second-order valence-corrected chi connectivity index (χ2v) is 9.39. The number of nitrogens with zero attached hydrogens (tertiary/aromatic N) is 3. The van der Waals surface area contributed by atoms with Crippen LogP contribution in [0.4, 0.5) is 5.69 Å². The average Bonchev–Trinajstić information content (AvgIpc) is 3.47. The molecule has 0 spiro atoms. The number of benzene rings is 1. The highest BCUT2D eigenvalue weighted by molar-refractivity contribution is 8.00. The molecule has 0 unspecified atom stereocenters. The van der Waals surface area contributed by atoms with Crippen LogP contribution >= 0.6 is 46.0 Å². The number of hydrogen-bond acceptors (Lipinski definition) is 8. The highest BCUT2D eigenvalue weighted by Crippen LogP contribution is 2.31. The van der Waals surface area contributed by atoms with Gasteiger partial charge in [-0.1, -0.05) is 34.6 Å². The normalized spacial score (nSPS) is 10.9. The Labute approximate surface area is 184 Å². The minimum atomic E-state index is -0.120. The molecule has 0 aliphatic heterocycles. The van der Waals surface area contributed by atoms with Gasteiger partial charge in [0, 0.05) is 28.9 Å². The topological polar surface area (TPSA) is 80.9 Å². The van der Waals surface area contributed by atoms with Gasteiger partial charge in [-0.15, -0.1) is 22.7 Å². The van der Waals surface area contributed by atoms with Crippen molar-refractivity contribution in [3.05, 3.63) is 63.9 Å². The number of nitrogens with one attached hydrogen (secondary N) is 1. The number of carbonyl (C=O) groups is 1. The quantitative estimate of drug-likeness (QED) is 0.335. The van der Waals surface area contributed by atoms with Gasteiger partial charge >= 0.3 is 0 Å². The fourth-order valence-electron chi connectivity index (χ4n) is 2.41. The Morgan fingerprint density at radius 2 is 2.03 bits per heavy atom. The molecule has 3 aromatic heterocycles. The van der Waals surface area contributed by atoms with Gasteiger partial charge in [0.1, 0.15) is 0 Å². The van der Waals surface area contributed by atoms with Gasteiger partial charge in [-0.05, 0) is 35.7 Å². The Morgan fingerprint density at radius 3 is 2.83 bits per heavy atom. The number of thiophene rings is 1. The van der Waals surface area contributed by atoms with Crippen LogP contribution in [0.25, 0.3) is 10.6 Å². The number of halogens is 1. The van der Waals surface area contributed by atoms with Crippen molar-refractivity contribution in [3.8, 4) is 10.6 Å². The molecule has 1 aromatic carbocycles. The van der Waals surface area contributed by atoms with Crippen molar-refractivity contribution in [2.75, 3.05) is 5.32 Å². The molecule has 0 fully saturated rings. The minimum absolute atomic E-state index is 0.120. The Morgan fingerprint density at radius 1 is 1.17 bits per heavy atom. The zero-order valence-electron chi connectivity index (χ0n) is 15.0. The largest absolute Gasteiger partial charge is 0.339 e. The Bertz CT molecular complexity index is 1080. The summed E-state index contributed by atoms with van der Waals surface area (Å²) in [5.41, 5.74) is 1.69. The molecule has 1 amide bonds. The number of rotatable bonds is 8. The molecular formula is C19H15ClN4O2S3. The Balaban J connectivity index is 1.24. The molecule has 0 atom stereocenters. The van der Waals surface area contributed by atoms with Crippen LogP contribution in [-0.4, -0.2) is 21.0 Å². The van der Waals surface area contributed by atoms with Crippen molar-refractivity contribution in [2.45, 2.75) is 22.9 Å². The SMILES string of the molecule is O=C(CCc1nc(CSc2nc(-c3cccs3)cs2)no1)Nc1ccc(Cl)cc1. The van der Waals surface area contributed by atoms with Crippen LogP contribution < -0.4 is 5.32 Å². The number of thioether (sulfide) groups is 1. The van der Waals surface area contributed by atoms with E-state index in [0.29, 0.717) is 34.6 Å². The van der Waals surface area contributed by atoms with Gasteiger partial charge in [0.25, 0.3) is 0 Å². The Kier molecular flexibility index (Phi) is 6.60. The summed E-state index contributed by atoms with van der Waals surface area (Å²) in [7, 11) is 0. The molecule has 10 heteroatoms. The third kappa shape index (κ3) is 5.66. The molecule has 0 bridgehead atoms. The lowest BCUT2D eigenvalue weighted by Gasteiger charge is -2.03. The van der Waals surface area contributed by atoms with Gasteiger partial charge in [0.05, 0.1) is 16.3 Å². The lowest BCUT2D eigenvalue weighted by molar-refractivity contribution is -0.116. The van der Waals surface area contributed by atoms with E-state index in [9.17, 15) is 4.79 Å². The van der Waals surface area contributed by atoms with Gasteiger partial charge in [-0.3, -0.25) is 4.79 Å². The summed E-state index contributed by atoms with van der Waals surface area (Å²) in [5, 5.41) is 11.5. The van der Waals surface area contributed by atoms with E-state index < -0.39 is 0 Å². The molecule has 29 heavy (non-hydrogen) atoms. The number of hydrogen-bond donors (Lipinski definition) is 1. The van der Waals surface area contributed by atoms with E-state index in [1.807, 2.05) is 11.4 Å². The van der Waals surface area contributed by atoms with Crippen molar-refractivity contribution >= 4 is 57.6 Å². The van der Waals surface area contributed by atoms with Crippen LogP contribution in [0.1, 0.15) is 18.1 Å². The van der Waals surface area contributed by atoms with Crippen molar-refractivity contribution in [3.63, 3.8) is 0 Å².